The standard InChI is InChI=1S/C48H30N2O/c1-3-13-31(14-4-1)33-17-11-18-34(27-33)49-42-22-9-7-19-37(42)39-30-45-40(29-44(39)49)38-20-8-10-23-43(38)50(45)35-25-26-46-41(28-35)48-36(21-12-24-47(48)51-46)32-15-5-2-6-16-32/h1-30H. The minimum atomic E-state index is 0.890. The number of furan rings is 1. The fourth-order valence-electron chi connectivity index (χ4n) is 8.25. The van der Waals surface area contributed by atoms with E-state index in [9.17, 15) is 0 Å². The maximum Gasteiger partial charge on any atom is 0.136 e. The van der Waals surface area contributed by atoms with Crippen molar-refractivity contribution in [3.05, 3.63) is 182 Å². The number of aromatic nitrogens is 2. The molecule has 0 amide bonds. The molecule has 0 fully saturated rings. The first-order chi connectivity index (χ1) is 25.3. The highest BCUT2D eigenvalue weighted by molar-refractivity contribution is 6.19. The maximum absolute atomic E-state index is 6.44. The van der Waals surface area contributed by atoms with Gasteiger partial charge in [0.25, 0.3) is 0 Å². The molecule has 3 heteroatoms. The number of nitrogens with zero attached hydrogens (tertiary/aromatic N) is 2. The van der Waals surface area contributed by atoms with Gasteiger partial charge in [0, 0.05) is 43.7 Å². The highest BCUT2D eigenvalue weighted by atomic mass is 16.3. The van der Waals surface area contributed by atoms with E-state index in [2.05, 4.69) is 191 Å². The van der Waals surface area contributed by atoms with E-state index in [1.807, 2.05) is 0 Å². The summed E-state index contributed by atoms with van der Waals surface area (Å²) >= 11 is 0. The fourth-order valence-corrected chi connectivity index (χ4v) is 8.25. The first-order valence-electron chi connectivity index (χ1n) is 17.4. The Kier molecular flexibility index (Phi) is 5.96. The zero-order valence-corrected chi connectivity index (χ0v) is 27.6. The van der Waals surface area contributed by atoms with Gasteiger partial charge in [-0.1, -0.05) is 121 Å². The van der Waals surface area contributed by atoms with Crippen molar-refractivity contribution >= 4 is 65.6 Å². The molecule has 238 valence electrons. The number of benzene rings is 8. The van der Waals surface area contributed by atoms with E-state index in [0.717, 1.165) is 33.3 Å². The van der Waals surface area contributed by atoms with E-state index in [0.29, 0.717) is 0 Å². The van der Waals surface area contributed by atoms with Gasteiger partial charge in [0.2, 0.25) is 0 Å². The number of hydrogen-bond donors (Lipinski definition) is 0. The first-order valence-corrected chi connectivity index (χ1v) is 17.4. The normalized spacial score (nSPS) is 11.9. The summed E-state index contributed by atoms with van der Waals surface area (Å²) in [6, 6.07) is 65.5. The number of fused-ring (bicyclic) bond motifs is 9. The molecule has 0 aliphatic heterocycles. The van der Waals surface area contributed by atoms with E-state index in [-0.39, 0.29) is 0 Å². The Morgan fingerprint density at radius 2 is 0.882 bits per heavy atom. The molecule has 0 spiro atoms. The quantitative estimate of drug-likeness (QED) is 0.186. The average molecular weight is 651 g/mol. The van der Waals surface area contributed by atoms with Gasteiger partial charge in [-0.25, -0.2) is 0 Å². The summed E-state index contributed by atoms with van der Waals surface area (Å²) in [6.07, 6.45) is 0. The van der Waals surface area contributed by atoms with Crippen molar-refractivity contribution in [1.82, 2.24) is 9.13 Å². The predicted molar refractivity (Wildman–Crippen MR) is 213 cm³/mol. The van der Waals surface area contributed by atoms with Crippen LogP contribution in [-0.2, 0) is 0 Å². The summed E-state index contributed by atoms with van der Waals surface area (Å²) in [5.74, 6) is 0. The Bertz CT molecular complexity index is 3130. The van der Waals surface area contributed by atoms with Crippen LogP contribution in [0, 0.1) is 0 Å². The average Bonchev–Trinajstić information content (AvgIpc) is 3.85. The fraction of sp³-hybridized carbons (Fsp3) is 0. The van der Waals surface area contributed by atoms with Crippen molar-refractivity contribution in [2.75, 3.05) is 0 Å². The highest BCUT2D eigenvalue weighted by Crippen LogP contribution is 2.42. The molecular formula is C48H30N2O. The van der Waals surface area contributed by atoms with E-state index in [1.165, 1.54) is 65.9 Å². The van der Waals surface area contributed by atoms with Crippen LogP contribution < -0.4 is 0 Å². The summed E-state index contributed by atoms with van der Waals surface area (Å²) in [5.41, 5.74) is 13.6. The second-order valence-corrected chi connectivity index (χ2v) is 13.3. The van der Waals surface area contributed by atoms with E-state index >= 15 is 0 Å². The minimum absolute atomic E-state index is 0.890. The maximum atomic E-state index is 6.44. The molecule has 3 aromatic heterocycles. The third-order valence-electron chi connectivity index (χ3n) is 10.5. The Hall–Kier alpha value is -6.84. The number of para-hydroxylation sites is 2. The van der Waals surface area contributed by atoms with E-state index in [4.69, 9.17) is 4.42 Å². The van der Waals surface area contributed by atoms with Gasteiger partial charge in [-0.3, -0.25) is 0 Å². The van der Waals surface area contributed by atoms with Gasteiger partial charge in [0.05, 0.1) is 22.1 Å². The van der Waals surface area contributed by atoms with Crippen LogP contribution in [0.1, 0.15) is 0 Å². The number of rotatable bonds is 4. The summed E-state index contributed by atoms with van der Waals surface area (Å²) in [6.45, 7) is 0. The second-order valence-electron chi connectivity index (χ2n) is 13.3. The molecule has 0 unspecified atom stereocenters. The third-order valence-corrected chi connectivity index (χ3v) is 10.5. The minimum Gasteiger partial charge on any atom is -0.456 e. The molecule has 0 aliphatic rings. The van der Waals surface area contributed by atoms with Crippen LogP contribution in [0.3, 0.4) is 0 Å². The van der Waals surface area contributed by atoms with Crippen molar-refractivity contribution in [3.8, 4) is 33.6 Å². The van der Waals surface area contributed by atoms with Gasteiger partial charge in [0.15, 0.2) is 0 Å². The second kappa shape index (κ2) is 10.8. The van der Waals surface area contributed by atoms with Crippen molar-refractivity contribution in [2.45, 2.75) is 0 Å². The van der Waals surface area contributed by atoms with Gasteiger partial charge >= 0.3 is 0 Å². The van der Waals surface area contributed by atoms with Crippen molar-refractivity contribution in [1.29, 1.82) is 0 Å². The van der Waals surface area contributed by atoms with Crippen molar-refractivity contribution in [3.63, 3.8) is 0 Å². The van der Waals surface area contributed by atoms with Crippen LogP contribution in [0.2, 0.25) is 0 Å². The molecule has 0 saturated carbocycles. The molecule has 11 aromatic rings. The zero-order valence-electron chi connectivity index (χ0n) is 27.6. The molecule has 11 rings (SSSR count). The molecule has 0 radical (unpaired) electrons. The lowest BCUT2D eigenvalue weighted by atomic mass is 9.99. The summed E-state index contributed by atoms with van der Waals surface area (Å²) in [4.78, 5) is 0. The van der Waals surface area contributed by atoms with Gasteiger partial charge < -0.3 is 13.6 Å². The lowest BCUT2D eigenvalue weighted by molar-refractivity contribution is 0.669. The Balaban J connectivity index is 1.19. The van der Waals surface area contributed by atoms with Crippen LogP contribution in [0.25, 0.3) is 99.2 Å². The molecule has 0 N–H and O–H groups in total. The molecular weight excluding hydrogens is 621 g/mol. The summed E-state index contributed by atoms with van der Waals surface area (Å²) in [5, 5.41) is 7.18. The Morgan fingerprint density at radius 1 is 0.314 bits per heavy atom. The van der Waals surface area contributed by atoms with E-state index in [1.54, 1.807) is 0 Å². The predicted octanol–water partition coefficient (Wildman–Crippen LogP) is 13.1. The molecule has 0 saturated heterocycles. The SMILES string of the molecule is c1ccc(-c2cccc(-n3c4ccccc4c4cc5c(cc43)c3ccccc3n5-c3ccc4oc5cccc(-c6ccccc6)c5c4c3)c2)cc1. The molecule has 0 atom stereocenters. The molecule has 8 aromatic carbocycles. The third kappa shape index (κ3) is 4.19. The summed E-state index contributed by atoms with van der Waals surface area (Å²) < 4.78 is 11.3. The zero-order chi connectivity index (χ0) is 33.5. The van der Waals surface area contributed by atoms with Crippen molar-refractivity contribution in [2.24, 2.45) is 0 Å². The van der Waals surface area contributed by atoms with Crippen LogP contribution in [-0.4, -0.2) is 9.13 Å². The molecule has 3 heterocycles. The molecule has 51 heavy (non-hydrogen) atoms. The smallest absolute Gasteiger partial charge is 0.136 e. The monoisotopic (exact) mass is 650 g/mol. The van der Waals surface area contributed by atoms with Crippen molar-refractivity contribution < 1.29 is 4.42 Å². The van der Waals surface area contributed by atoms with Crippen LogP contribution in [0.5, 0.6) is 0 Å². The Morgan fingerprint density at radius 3 is 1.57 bits per heavy atom. The molecule has 3 nitrogen and oxygen atoms in total. The molecule has 0 bridgehead atoms. The van der Waals surface area contributed by atoms with Gasteiger partial charge in [-0.2, -0.15) is 0 Å². The topological polar surface area (TPSA) is 23.0 Å². The van der Waals surface area contributed by atoms with Gasteiger partial charge in [0.1, 0.15) is 11.2 Å². The Labute approximate surface area is 293 Å². The molecule has 0 aliphatic carbocycles. The van der Waals surface area contributed by atoms with Crippen LogP contribution in [0.15, 0.2) is 186 Å². The van der Waals surface area contributed by atoms with Gasteiger partial charge in [-0.05, 0) is 82.9 Å². The summed E-state index contributed by atoms with van der Waals surface area (Å²) in [7, 11) is 0. The van der Waals surface area contributed by atoms with Crippen LogP contribution in [0.4, 0.5) is 0 Å². The lowest BCUT2D eigenvalue weighted by Crippen LogP contribution is -1.95. The highest BCUT2D eigenvalue weighted by Gasteiger charge is 2.20. The first kappa shape index (κ1) is 28.0. The van der Waals surface area contributed by atoms with Gasteiger partial charge in [-0.15, -0.1) is 0 Å². The largest absolute Gasteiger partial charge is 0.456 e. The number of hydrogen-bond acceptors (Lipinski definition) is 1. The van der Waals surface area contributed by atoms with Crippen LogP contribution >= 0.6 is 0 Å². The lowest BCUT2D eigenvalue weighted by Gasteiger charge is -2.11. The van der Waals surface area contributed by atoms with E-state index < -0.39 is 0 Å².